The Kier molecular flexibility index (Phi) is 4.75. The number of nitrogens with one attached hydrogen (secondary N) is 1. The first kappa shape index (κ1) is 16.2. The second-order valence-electron chi connectivity index (χ2n) is 5.12. The third kappa shape index (κ3) is 4.16. The van der Waals surface area contributed by atoms with Gasteiger partial charge in [0.2, 0.25) is 11.8 Å². The molecule has 7 N–H and O–H groups in total. The number of hydrogen-bond acceptors (Lipinski definition) is 5. The summed E-state index contributed by atoms with van der Waals surface area (Å²) in [6, 6.07) is 9.61. The summed E-state index contributed by atoms with van der Waals surface area (Å²) in [5.41, 5.74) is 19.9. The van der Waals surface area contributed by atoms with Gasteiger partial charge in [-0.05, 0) is 31.5 Å². The van der Waals surface area contributed by atoms with E-state index in [1.54, 1.807) is 0 Å². The second kappa shape index (κ2) is 6.73. The van der Waals surface area contributed by atoms with Crippen molar-refractivity contribution >= 4 is 29.1 Å². The molecule has 0 saturated heterocycles. The first-order valence-corrected chi connectivity index (χ1v) is 7.00. The van der Waals surface area contributed by atoms with Gasteiger partial charge in [-0.2, -0.15) is 5.10 Å². The van der Waals surface area contributed by atoms with E-state index < -0.39 is 0 Å². The number of benzene rings is 1. The van der Waals surface area contributed by atoms with E-state index in [2.05, 4.69) is 20.5 Å². The first-order chi connectivity index (χ1) is 10.9. The van der Waals surface area contributed by atoms with Gasteiger partial charge in [0, 0.05) is 11.8 Å². The monoisotopic (exact) mass is 313 g/mol. The third-order valence-electron chi connectivity index (χ3n) is 3.32. The van der Waals surface area contributed by atoms with E-state index in [0.29, 0.717) is 17.5 Å². The van der Waals surface area contributed by atoms with Crippen molar-refractivity contribution in [2.45, 2.75) is 13.8 Å². The van der Waals surface area contributed by atoms with Gasteiger partial charge in [0.15, 0.2) is 0 Å². The summed E-state index contributed by atoms with van der Waals surface area (Å²) in [7, 11) is 1.87. The highest BCUT2D eigenvalue weighted by molar-refractivity contribution is 5.99. The second-order valence-corrected chi connectivity index (χ2v) is 5.12. The maximum absolute atomic E-state index is 5.88. The van der Waals surface area contributed by atoms with Crippen LogP contribution < -0.4 is 27.1 Å². The van der Waals surface area contributed by atoms with Gasteiger partial charge in [-0.3, -0.25) is 5.73 Å². The molecule has 1 heterocycles. The Balaban J connectivity index is 2.27. The molecule has 0 radical (unpaired) electrons. The van der Waals surface area contributed by atoms with Crippen molar-refractivity contribution in [2.24, 2.45) is 28.7 Å². The van der Waals surface area contributed by atoms with Crippen molar-refractivity contribution in [1.29, 1.82) is 0 Å². The fraction of sp³-hybridized carbons (Fsp3) is 0.200. The van der Waals surface area contributed by atoms with Crippen LogP contribution in [0.1, 0.15) is 18.2 Å². The summed E-state index contributed by atoms with van der Waals surface area (Å²) in [4.78, 5) is 4.31. The van der Waals surface area contributed by atoms with Gasteiger partial charge in [-0.25, -0.2) is 4.57 Å². The van der Waals surface area contributed by atoms with Crippen LogP contribution >= 0.6 is 0 Å². The van der Waals surface area contributed by atoms with Gasteiger partial charge < -0.3 is 16.8 Å². The van der Waals surface area contributed by atoms with Crippen LogP contribution in [0, 0.1) is 6.92 Å². The summed E-state index contributed by atoms with van der Waals surface area (Å²) in [5, 5.41) is 10.9. The lowest BCUT2D eigenvalue weighted by Gasteiger charge is -2.07. The molecule has 23 heavy (non-hydrogen) atoms. The number of hydrogen-bond donors (Lipinski definition) is 4. The normalized spacial score (nSPS) is 11.2. The fourth-order valence-electron chi connectivity index (χ4n) is 1.93. The van der Waals surface area contributed by atoms with E-state index in [1.807, 2.05) is 55.8 Å². The van der Waals surface area contributed by atoms with E-state index in [1.165, 1.54) is 0 Å². The molecule has 0 aliphatic rings. The smallest absolute Gasteiger partial charge is 0.369 e. The van der Waals surface area contributed by atoms with Crippen molar-refractivity contribution < 1.29 is 4.57 Å². The number of aryl methyl sites for hydroxylation is 1. The molecule has 0 bridgehead atoms. The molecule has 1 aromatic heterocycles. The number of guanidine groups is 1. The van der Waals surface area contributed by atoms with Crippen LogP contribution in [0.4, 0.5) is 17.5 Å². The maximum Gasteiger partial charge on any atom is 0.391 e. The van der Waals surface area contributed by atoms with Crippen LogP contribution in [0.15, 0.2) is 40.5 Å². The minimum absolute atomic E-state index is 0.0778. The number of anilines is 3. The molecule has 0 saturated carbocycles. The Morgan fingerprint density at radius 3 is 2.61 bits per heavy atom. The zero-order valence-corrected chi connectivity index (χ0v) is 13.4. The molecule has 2 rings (SSSR count). The zero-order valence-electron chi connectivity index (χ0n) is 13.4. The van der Waals surface area contributed by atoms with E-state index >= 15 is 0 Å². The number of nitrogens with two attached hydrogens (primary N) is 3. The lowest BCUT2D eigenvalue weighted by atomic mass is 10.1. The van der Waals surface area contributed by atoms with Crippen LogP contribution in [-0.2, 0) is 7.05 Å². The molecule has 0 spiro atoms. The first-order valence-electron chi connectivity index (χ1n) is 7.00. The highest BCUT2D eigenvalue weighted by atomic mass is 15.3. The minimum Gasteiger partial charge on any atom is -0.369 e. The maximum atomic E-state index is 5.88. The summed E-state index contributed by atoms with van der Waals surface area (Å²) in [6.07, 6.45) is 0. The summed E-state index contributed by atoms with van der Waals surface area (Å²) >= 11 is 0. The molecule has 1 aromatic carbocycles. The minimum atomic E-state index is -0.0778. The SMILES string of the molecule is C/C(=N\N=C(N)N)c1cccc(Nc2cc(C)[n+](C)c(N)n2)c1. The van der Waals surface area contributed by atoms with E-state index in [4.69, 9.17) is 17.2 Å². The van der Waals surface area contributed by atoms with Crippen LogP contribution in [0.5, 0.6) is 0 Å². The Morgan fingerprint density at radius 2 is 1.96 bits per heavy atom. The van der Waals surface area contributed by atoms with Crippen molar-refractivity contribution in [1.82, 2.24) is 4.98 Å². The van der Waals surface area contributed by atoms with Crippen LogP contribution in [0.3, 0.4) is 0 Å². The number of nitrogen functional groups attached to an aromatic ring is 1. The molecule has 0 aliphatic heterocycles. The standard InChI is InChI=1S/C15H20N8/c1-9-7-13(20-15(18)23(9)3)19-12-6-4-5-11(8-12)10(2)21-22-14(16)17/h4-8H,1-3H3,(H6,16,17,18,19,20,22)/p+1/b21-10+. The molecular weight excluding hydrogens is 292 g/mol. The van der Waals surface area contributed by atoms with Crippen molar-refractivity contribution in [3.05, 3.63) is 41.6 Å². The number of aromatic nitrogens is 2. The molecule has 120 valence electrons. The van der Waals surface area contributed by atoms with Gasteiger partial charge in [0.25, 0.3) is 0 Å². The number of nitrogens with zero attached hydrogens (tertiary/aromatic N) is 4. The Morgan fingerprint density at radius 1 is 1.22 bits per heavy atom. The summed E-state index contributed by atoms with van der Waals surface area (Å²) < 4.78 is 1.81. The van der Waals surface area contributed by atoms with Gasteiger partial charge >= 0.3 is 5.95 Å². The molecule has 8 nitrogen and oxygen atoms in total. The molecule has 0 fully saturated rings. The molecule has 0 aliphatic carbocycles. The molecule has 8 heteroatoms. The molecular formula is C15H21N8+. The average molecular weight is 313 g/mol. The molecule has 2 aromatic rings. The molecule has 0 amide bonds. The van der Waals surface area contributed by atoms with Gasteiger partial charge in [0.1, 0.15) is 0 Å². The molecule has 0 atom stereocenters. The topological polar surface area (TPSA) is 132 Å². The summed E-state index contributed by atoms with van der Waals surface area (Å²) in [6.45, 7) is 3.79. The quantitative estimate of drug-likeness (QED) is 0.283. The Hall–Kier alpha value is -3.16. The van der Waals surface area contributed by atoms with E-state index in [-0.39, 0.29) is 5.96 Å². The van der Waals surface area contributed by atoms with E-state index in [0.717, 1.165) is 16.9 Å². The lowest BCUT2D eigenvalue weighted by molar-refractivity contribution is -0.665. The average Bonchev–Trinajstić information content (AvgIpc) is 2.50. The highest BCUT2D eigenvalue weighted by Crippen LogP contribution is 2.17. The third-order valence-corrected chi connectivity index (χ3v) is 3.32. The molecule has 0 unspecified atom stereocenters. The van der Waals surface area contributed by atoms with Gasteiger partial charge in [0.05, 0.1) is 18.5 Å². The Bertz CT molecular complexity index is 752. The van der Waals surface area contributed by atoms with Gasteiger partial charge in [-0.15, -0.1) is 5.10 Å². The van der Waals surface area contributed by atoms with Crippen LogP contribution in [0.25, 0.3) is 0 Å². The predicted molar refractivity (Wildman–Crippen MR) is 92.3 cm³/mol. The van der Waals surface area contributed by atoms with Crippen molar-refractivity contribution in [3.8, 4) is 0 Å². The van der Waals surface area contributed by atoms with Gasteiger partial charge in [-0.1, -0.05) is 17.1 Å². The van der Waals surface area contributed by atoms with Crippen molar-refractivity contribution in [3.63, 3.8) is 0 Å². The van der Waals surface area contributed by atoms with Crippen LogP contribution in [0.2, 0.25) is 0 Å². The fourth-order valence-corrected chi connectivity index (χ4v) is 1.93. The highest BCUT2D eigenvalue weighted by Gasteiger charge is 2.10. The Labute approximate surface area is 134 Å². The zero-order chi connectivity index (χ0) is 17.0. The van der Waals surface area contributed by atoms with Crippen LogP contribution in [-0.4, -0.2) is 16.7 Å². The van der Waals surface area contributed by atoms with Crippen molar-refractivity contribution in [2.75, 3.05) is 11.1 Å². The lowest BCUT2D eigenvalue weighted by Crippen LogP contribution is -2.36. The van der Waals surface area contributed by atoms with E-state index in [9.17, 15) is 0 Å². The summed E-state index contributed by atoms with van der Waals surface area (Å²) in [5.74, 6) is 1.04. The number of rotatable bonds is 4. The largest absolute Gasteiger partial charge is 0.391 e. The predicted octanol–water partition coefficient (Wildman–Crippen LogP) is 0.538.